The highest BCUT2D eigenvalue weighted by molar-refractivity contribution is 14.1. The van der Waals surface area contributed by atoms with Crippen molar-refractivity contribution in [2.45, 2.75) is 6.92 Å². The van der Waals surface area contributed by atoms with Crippen LogP contribution in [0.25, 0.3) is 0 Å². The monoisotopic (exact) mass is 289 g/mol. The molecule has 1 N–H and O–H groups in total. The van der Waals surface area contributed by atoms with Gasteiger partial charge in [0.25, 0.3) is 0 Å². The lowest BCUT2D eigenvalue weighted by Gasteiger charge is -2.07. The van der Waals surface area contributed by atoms with Gasteiger partial charge in [-0.05, 0) is 19.1 Å². The minimum absolute atomic E-state index is 0.178. The van der Waals surface area contributed by atoms with Crippen molar-refractivity contribution in [1.82, 2.24) is 0 Å². The number of hydrogen-bond acceptors (Lipinski definition) is 2. The number of carbonyl (C=O) groups excluding carboxylic acids is 1. The summed E-state index contributed by atoms with van der Waals surface area (Å²) >= 11 is 2.08. The lowest BCUT2D eigenvalue weighted by Crippen LogP contribution is -2.06. The Balaban J connectivity index is 2.97. The Bertz CT molecular complexity index is 299. The first-order valence-electron chi connectivity index (χ1n) is 4.21. The third kappa shape index (κ3) is 2.69. The van der Waals surface area contributed by atoms with Crippen LogP contribution >= 0.6 is 22.6 Å². The summed E-state index contributed by atoms with van der Waals surface area (Å²) in [7, 11) is 0. The fourth-order valence-corrected chi connectivity index (χ4v) is 1.55. The molecule has 0 bridgehead atoms. The maximum Gasteiger partial charge on any atom is 0.174 e. The van der Waals surface area contributed by atoms with Crippen LogP contribution in [0.3, 0.4) is 0 Å². The summed E-state index contributed by atoms with van der Waals surface area (Å²) in [6.07, 6.45) is 0. The van der Waals surface area contributed by atoms with E-state index < -0.39 is 0 Å². The van der Waals surface area contributed by atoms with Gasteiger partial charge in [-0.15, -0.1) is 0 Å². The van der Waals surface area contributed by atoms with Crippen LogP contribution in [0.2, 0.25) is 0 Å². The second kappa shape index (κ2) is 5.21. The Morgan fingerprint density at radius 2 is 2.15 bits per heavy atom. The molecule has 0 saturated carbocycles. The lowest BCUT2D eigenvalue weighted by atomic mass is 10.1. The molecular weight excluding hydrogens is 277 g/mol. The first-order chi connectivity index (χ1) is 6.29. The van der Waals surface area contributed by atoms with Crippen LogP contribution in [0.4, 0.5) is 5.69 Å². The Kier molecular flexibility index (Phi) is 4.21. The summed E-state index contributed by atoms with van der Waals surface area (Å²) in [4.78, 5) is 11.5. The Morgan fingerprint density at radius 3 is 2.77 bits per heavy atom. The van der Waals surface area contributed by atoms with E-state index in [9.17, 15) is 4.79 Å². The summed E-state index contributed by atoms with van der Waals surface area (Å²) in [6, 6.07) is 7.62. The van der Waals surface area contributed by atoms with E-state index in [0.29, 0.717) is 4.43 Å². The number of Topliss-reactive ketones (excluding diaryl/α,β-unsaturated/α-hetero) is 1. The average Bonchev–Trinajstić information content (AvgIpc) is 2.18. The van der Waals surface area contributed by atoms with Gasteiger partial charge in [-0.25, -0.2) is 0 Å². The van der Waals surface area contributed by atoms with Gasteiger partial charge in [-0.1, -0.05) is 34.7 Å². The van der Waals surface area contributed by atoms with Crippen molar-refractivity contribution in [2.24, 2.45) is 0 Å². The fraction of sp³-hybridized carbons (Fsp3) is 0.300. The van der Waals surface area contributed by atoms with E-state index in [4.69, 9.17) is 0 Å². The van der Waals surface area contributed by atoms with Crippen LogP contribution in [-0.2, 0) is 0 Å². The van der Waals surface area contributed by atoms with Gasteiger partial charge in [0.1, 0.15) is 0 Å². The fourth-order valence-electron chi connectivity index (χ4n) is 1.14. The highest BCUT2D eigenvalue weighted by atomic mass is 127. The molecule has 0 amide bonds. The van der Waals surface area contributed by atoms with Gasteiger partial charge in [0.15, 0.2) is 5.78 Å². The molecule has 70 valence electrons. The Morgan fingerprint density at radius 1 is 1.46 bits per heavy atom. The van der Waals surface area contributed by atoms with E-state index in [0.717, 1.165) is 17.8 Å². The highest BCUT2D eigenvalue weighted by Gasteiger charge is 2.07. The molecule has 1 rings (SSSR count). The quantitative estimate of drug-likeness (QED) is 0.524. The molecule has 0 saturated heterocycles. The van der Waals surface area contributed by atoms with Crippen molar-refractivity contribution in [3.8, 4) is 0 Å². The van der Waals surface area contributed by atoms with E-state index in [1.807, 2.05) is 31.2 Å². The van der Waals surface area contributed by atoms with Crippen LogP contribution in [-0.4, -0.2) is 16.8 Å². The number of anilines is 1. The van der Waals surface area contributed by atoms with E-state index in [1.54, 1.807) is 0 Å². The zero-order chi connectivity index (χ0) is 9.68. The number of alkyl halides is 1. The van der Waals surface area contributed by atoms with Crippen molar-refractivity contribution in [3.63, 3.8) is 0 Å². The molecule has 0 unspecified atom stereocenters. The Hall–Kier alpha value is -0.580. The molecule has 0 spiro atoms. The van der Waals surface area contributed by atoms with E-state index >= 15 is 0 Å². The molecule has 2 nitrogen and oxygen atoms in total. The summed E-state index contributed by atoms with van der Waals surface area (Å²) in [5, 5.41) is 3.17. The zero-order valence-electron chi connectivity index (χ0n) is 7.51. The van der Waals surface area contributed by atoms with Gasteiger partial charge >= 0.3 is 0 Å². The molecule has 0 fully saturated rings. The lowest BCUT2D eigenvalue weighted by molar-refractivity contribution is 0.102. The van der Waals surface area contributed by atoms with Gasteiger partial charge in [0.2, 0.25) is 0 Å². The predicted octanol–water partition coefficient (Wildman–Crippen LogP) is 2.74. The van der Waals surface area contributed by atoms with Gasteiger partial charge in [-0.3, -0.25) is 4.79 Å². The number of nitrogens with one attached hydrogen (secondary N) is 1. The molecule has 0 aliphatic heterocycles. The molecule has 3 heteroatoms. The molecular formula is C10H12INO. The molecule has 1 aromatic rings. The van der Waals surface area contributed by atoms with Gasteiger partial charge in [-0.2, -0.15) is 0 Å². The third-order valence-electron chi connectivity index (χ3n) is 1.72. The normalized spacial score (nSPS) is 9.69. The van der Waals surface area contributed by atoms with Crippen molar-refractivity contribution in [2.75, 3.05) is 16.3 Å². The zero-order valence-corrected chi connectivity index (χ0v) is 9.67. The van der Waals surface area contributed by atoms with Crippen LogP contribution in [0.5, 0.6) is 0 Å². The maximum absolute atomic E-state index is 11.5. The first kappa shape index (κ1) is 10.5. The molecule has 0 radical (unpaired) electrons. The van der Waals surface area contributed by atoms with Crippen molar-refractivity contribution in [3.05, 3.63) is 29.8 Å². The number of halogens is 1. The van der Waals surface area contributed by atoms with Crippen LogP contribution in [0.1, 0.15) is 17.3 Å². The summed E-state index contributed by atoms with van der Waals surface area (Å²) in [5.74, 6) is 0.178. The van der Waals surface area contributed by atoms with E-state index in [-0.39, 0.29) is 5.78 Å². The molecule has 1 aromatic carbocycles. The first-order valence-corrected chi connectivity index (χ1v) is 5.74. The standard InChI is InChI=1S/C10H12INO/c1-2-12-9-6-4-3-5-8(9)10(13)7-11/h3-6,12H,2,7H2,1H3. The van der Waals surface area contributed by atoms with Crippen molar-refractivity contribution < 1.29 is 4.79 Å². The number of rotatable bonds is 4. The summed E-state index contributed by atoms with van der Waals surface area (Å²) in [6.45, 7) is 2.86. The highest BCUT2D eigenvalue weighted by Crippen LogP contribution is 2.15. The molecule has 0 heterocycles. The van der Waals surface area contributed by atoms with Crippen LogP contribution in [0.15, 0.2) is 24.3 Å². The smallest absolute Gasteiger partial charge is 0.174 e. The van der Waals surface area contributed by atoms with Crippen molar-refractivity contribution >= 4 is 34.1 Å². The number of para-hydroxylation sites is 1. The van der Waals surface area contributed by atoms with Crippen LogP contribution < -0.4 is 5.32 Å². The largest absolute Gasteiger partial charge is 0.385 e. The number of carbonyl (C=O) groups is 1. The van der Waals surface area contributed by atoms with Gasteiger partial charge in [0.05, 0.1) is 4.43 Å². The molecule has 0 atom stereocenters. The van der Waals surface area contributed by atoms with Gasteiger partial charge in [0, 0.05) is 17.8 Å². The number of hydrogen-bond donors (Lipinski definition) is 1. The molecule has 0 aromatic heterocycles. The van der Waals surface area contributed by atoms with Gasteiger partial charge < -0.3 is 5.32 Å². The summed E-state index contributed by atoms with van der Waals surface area (Å²) in [5.41, 5.74) is 1.73. The van der Waals surface area contributed by atoms with Crippen LogP contribution in [0, 0.1) is 0 Å². The second-order valence-electron chi connectivity index (χ2n) is 2.63. The summed E-state index contributed by atoms with van der Waals surface area (Å²) < 4.78 is 0.528. The third-order valence-corrected chi connectivity index (χ3v) is 2.41. The predicted molar refractivity (Wildman–Crippen MR) is 63.8 cm³/mol. The molecule has 0 aliphatic rings. The second-order valence-corrected chi connectivity index (χ2v) is 3.40. The number of ketones is 1. The maximum atomic E-state index is 11.5. The average molecular weight is 289 g/mol. The SMILES string of the molecule is CCNc1ccccc1C(=O)CI. The minimum atomic E-state index is 0.178. The Labute approximate surface area is 91.9 Å². The van der Waals surface area contributed by atoms with Crippen molar-refractivity contribution in [1.29, 1.82) is 0 Å². The van der Waals surface area contributed by atoms with E-state index in [2.05, 4.69) is 27.9 Å². The molecule has 0 aliphatic carbocycles. The molecule has 13 heavy (non-hydrogen) atoms. The van der Waals surface area contributed by atoms with E-state index in [1.165, 1.54) is 0 Å². The topological polar surface area (TPSA) is 29.1 Å². The minimum Gasteiger partial charge on any atom is -0.385 e. The number of benzene rings is 1.